The molecule has 0 radical (unpaired) electrons. The van der Waals surface area contributed by atoms with Crippen LogP contribution in [0.2, 0.25) is 5.02 Å². The Bertz CT molecular complexity index is 1190. The number of phosphoric acid groups is 1. The van der Waals surface area contributed by atoms with E-state index < -0.39 is 39.0 Å². The Morgan fingerprint density at radius 2 is 2.00 bits per heavy atom. The smallest absolute Gasteiger partial charge is 0.469 e. The summed E-state index contributed by atoms with van der Waals surface area (Å²) in [7, 11) is -4.80. The number of nitrogens with zero attached hydrogens (tertiary/aromatic N) is 3. The van der Waals surface area contributed by atoms with Crippen molar-refractivity contribution in [3.63, 3.8) is 0 Å². The number of rotatable bonds is 8. The number of phosphoric ester groups is 1. The number of halogens is 1. The molecule has 3 heterocycles. The van der Waals surface area contributed by atoms with E-state index in [0.717, 1.165) is 0 Å². The van der Waals surface area contributed by atoms with Crippen molar-refractivity contribution in [2.45, 2.75) is 31.1 Å². The largest absolute Gasteiger partial charge is 0.508 e. The van der Waals surface area contributed by atoms with E-state index >= 15 is 0 Å². The summed E-state index contributed by atoms with van der Waals surface area (Å²) in [6, 6.07) is 2.63. The van der Waals surface area contributed by atoms with Crippen molar-refractivity contribution in [3.8, 4) is 11.5 Å². The van der Waals surface area contributed by atoms with E-state index in [1.807, 2.05) is 0 Å². The molecule has 16 heteroatoms. The molecule has 2 aromatic heterocycles. The molecular weight excluding hydrogens is 485 g/mol. The summed E-state index contributed by atoms with van der Waals surface area (Å²) in [5.74, 6) is 0.323. The van der Waals surface area contributed by atoms with E-state index in [0.29, 0.717) is 22.5 Å². The van der Waals surface area contributed by atoms with Crippen LogP contribution in [0.1, 0.15) is 5.56 Å². The molecule has 1 fully saturated rings. The predicted octanol–water partition coefficient (Wildman–Crippen LogP) is 0.259. The molecule has 1 saturated heterocycles. The van der Waals surface area contributed by atoms with Crippen LogP contribution in [0.25, 0.3) is 11.2 Å². The van der Waals surface area contributed by atoms with Gasteiger partial charge in [0.05, 0.1) is 18.0 Å². The number of hydrogen-bond acceptors (Lipinski definition) is 11. The van der Waals surface area contributed by atoms with Crippen molar-refractivity contribution in [2.24, 2.45) is 0 Å². The van der Waals surface area contributed by atoms with E-state index in [4.69, 9.17) is 30.9 Å². The highest BCUT2D eigenvalue weighted by atomic mass is 35.5. The van der Waals surface area contributed by atoms with E-state index in [1.54, 1.807) is 0 Å². The molecule has 4 atom stereocenters. The predicted molar refractivity (Wildman–Crippen MR) is 111 cm³/mol. The average Bonchev–Trinajstić information content (AvgIpc) is 3.33. The third-order valence-electron chi connectivity index (χ3n) is 4.77. The Kier molecular flexibility index (Phi) is 6.70. The highest BCUT2D eigenvalue weighted by molar-refractivity contribution is 7.46. The number of ether oxygens (including phenoxy) is 2. The van der Waals surface area contributed by atoms with E-state index in [-0.39, 0.29) is 23.1 Å². The molecule has 178 valence electrons. The summed E-state index contributed by atoms with van der Waals surface area (Å²) in [4.78, 5) is 32.7. The van der Waals surface area contributed by atoms with Crippen molar-refractivity contribution in [1.82, 2.24) is 19.9 Å². The standard InChI is InChI=1S/C17H19ClN5O9P/c18-8-2-9(24)7(3-19-15-12-16(21-5-20-12)23-6-22-15)1-10(8)31-17-14(26)13(25)11(32-17)4-30-33(27,28)29/h1-2,5-6,11,13-14,17,24-26H,3-4H2,(H2,27,28,29)(H2,19,20,21,22,23)/t11-,13-,14-,17?/m1/s1. The number of aromatic amines is 1. The highest BCUT2D eigenvalue weighted by Gasteiger charge is 2.45. The number of imidazole rings is 1. The first-order valence-corrected chi connectivity index (χ1v) is 11.3. The second-order valence-electron chi connectivity index (χ2n) is 7.02. The van der Waals surface area contributed by atoms with Crippen molar-refractivity contribution in [2.75, 3.05) is 11.9 Å². The second kappa shape index (κ2) is 9.37. The normalized spacial score (nSPS) is 23.2. The number of H-pyrrole nitrogens is 1. The lowest BCUT2D eigenvalue weighted by Crippen LogP contribution is -2.35. The van der Waals surface area contributed by atoms with Gasteiger partial charge in [-0.3, -0.25) is 4.52 Å². The van der Waals surface area contributed by atoms with Gasteiger partial charge in [-0.25, -0.2) is 19.5 Å². The van der Waals surface area contributed by atoms with Crippen LogP contribution >= 0.6 is 19.4 Å². The minimum absolute atomic E-state index is 0.00514. The van der Waals surface area contributed by atoms with Gasteiger partial charge in [-0.15, -0.1) is 0 Å². The zero-order chi connectivity index (χ0) is 23.8. The third kappa shape index (κ3) is 5.34. The molecule has 14 nitrogen and oxygen atoms in total. The monoisotopic (exact) mass is 503 g/mol. The quantitative estimate of drug-likeness (QED) is 0.206. The van der Waals surface area contributed by atoms with Gasteiger partial charge in [0, 0.05) is 18.2 Å². The number of phenolic OH excluding ortho intramolecular Hbond substituents is 1. The number of aliphatic hydroxyl groups is 2. The second-order valence-corrected chi connectivity index (χ2v) is 8.66. The van der Waals surface area contributed by atoms with Gasteiger partial charge in [0.2, 0.25) is 6.29 Å². The summed E-state index contributed by atoms with van der Waals surface area (Å²) >= 11 is 6.14. The molecule has 0 saturated carbocycles. The van der Waals surface area contributed by atoms with Gasteiger partial charge in [0.25, 0.3) is 0 Å². The van der Waals surface area contributed by atoms with Gasteiger partial charge in [-0.05, 0) is 6.07 Å². The summed E-state index contributed by atoms with van der Waals surface area (Å²) < 4.78 is 26.1. The zero-order valence-corrected chi connectivity index (χ0v) is 18.2. The average molecular weight is 504 g/mol. The number of anilines is 1. The van der Waals surface area contributed by atoms with Gasteiger partial charge < -0.3 is 44.9 Å². The number of nitrogens with one attached hydrogen (secondary N) is 2. The summed E-state index contributed by atoms with van der Waals surface area (Å²) in [6.07, 6.45) is -2.97. The van der Waals surface area contributed by atoms with Crippen LogP contribution in [0.15, 0.2) is 24.8 Å². The van der Waals surface area contributed by atoms with Crippen LogP contribution < -0.4 is 10.1 Å². The summed E-state index contributed by atoms with van der Waals surface area (Å²) in [6.45, 7) is -0.582. The Labute approximate surface area is 190 Å². The minimum atomic E-state index is -4.80. The van der Waals surface area contributed by atoms with E-state index in [9.17, 15) is 19.9 Å². The first kappa shape index (κ1) is 23.6. The molecule has 1 aromatic carbocycles. The van der Waals surface area contributed by atoms with Crippen LogP contribution in [0.4, 0.5) is 5.82 Å². The SMILES string of the molecule is O=P(O)(O)OC[C@H]1OC(Oc2cc(CNc3ncnc4nc[nH]c34)c(O)cc2Cl)[C@H](O)[C@@H]1O. The molecule has 0 aliphatic carbocycles. The maximum atomic E-state index is 10.9. The summed E-state index contributed by atoms with van der Waals surface area (Å²) in [5.41, 5.74) is 1.39. The first-order valence-electron chi connectivity index (χ1n) is 9.40. The fourth-order valence-corrected chi connectivity index (χ4v) is 3.68. The van der Waals surface area contributed by atoms with Crippen LogP contribution in [-0.2, 0) is 20.4 Å². The Hall–Kier alpha value is -2.55. The third-order valence-corrected chi connectivity index (χ3v) is 5.55. The number of benzene rings is 1. The van der Waals surface area contributed by atoms with Gasteiger partial charge >= 0.3 is 7.82 Å². The fraction of sp³-hybridized carbons (Fsp3) is 0.353. The fourth-order valence-electron chi connectivity index (χ4n) is 3.14. The molecule has 33 heavy (non-hydrogen) atoms. The molecule has 0 amide bonds. The Morgan fingerprint density at radius 3 is 2.76 bits per heavy atom. The number of aromatic nitrogens is 4. The van der Waals surface area contributed by atoms with Gasteiger partial charge in [-0.1, -0.05) is 11.6 Å². The lowest BCUT2D eigenvalue weighted by atomic mass is 10.1. The Morgan fingerprint density at radius 1 is 1.21 bits per heavy atom. The van der Waals surface area contributed by atoms with Crippen molar-refractivity contribution >= 4 is 36.4 Å². The van der Waals surface area contributed by atoms with E-state index in [2.05, 4.69) is 29.8 Å². The lowest BCUT2D eigenvalue weighted by molar-refractivity contribution is -0.115. The summed E-state index contributed by atoms with van der Waals surface area (Å²) in [5, 5.41) is 33.5. The molecule has 0 bridgehead atoms. The number of phenols is 1. The van der Waals surface area contributed by atoms with Crippen LogP contribution in [0.3, 0.4) is 0 Å². The molecular formula is C17H19ClN5O9P. The number of aliphatic hydroxyl groups excluding tert-OH is 2. The van der Waals surface area contributed by atoms with Crippen molar-refractivity contribution in [1.29, 1.82) is 0 Å². The van der Waals surface area contributed by atoms with Gasteiger partial charge in [0.15, 0.2) is 11.5 Å². The van der Waals surface area contributed by atoms with E-state index in [1.165, 1.54) is 24.8 Å². The lowest BCUT2D eigenvalue weighted by Gasteiger charge is -2.19. The first-order chi connectivity index (χ1) is 15.6. The van der Waals surface area contributed by atoms with Crippen molar-refractivity contribution in [3.05, 3.63) is 35.4 Å². The number of aromatic hydroxyl groups is 1. The molecule has 0 spiro atoms. The molecule has 1 unspecified atom stereocenters. The molecule has 1 aliphatic rings. The number of fused-ring (bicyclic) bond motifs is 1. The molecule has 3 aromatic rings. The van der Waals surface area contributed by atoms with Crippen molar-refractivity contribution < 1.29 is 43.7 Å². The van der Waals surface area contributed by atoms with Gasteiger partial charge in [-0.2, -0.15) is 0 Å². The zero-order valence-electron chi connectivity index (χ0n) is 16.6. The Balaban J connectivity index is 1.47. The highest BCUT2D eigenvalue weighted by Crippen LogP contribution is 2.38. The minimum Gasteiger partial charge on any atom is -0.508 e. The van der Waals surface area contributed by atoms with Crippen LogP contribution in [-0.4, -0.2) is 76.3 Å². The maximum absolute atomic E-state index is 10.9. The number of hydrogen-bond donors (Lipinski definition) is 7. The van der Waals surface area contributed by atoms with Crippen LogP contribution in [0.5, 0.6) is 11.5 Å². The van der Waals surface area contributed by atoms with Gasteiger partial charge in [0.1, 0.15) is 41.7 Å². The molecule has 4 rings (SSSR count). The molecule has 1 aliphatic heterocycles. The van der Waals surface area contributed by atoms with Crippen LogP contribution in [0, 0.1) is 0 Å². The molecule has 7 N–H and O–H groups in total. The topological polar surface area (TPSA) is 212 Å². The maximum Gasteiger partial charge on any atom is 0.469 e.